The Morgan fingerprint density at radius 2 is 0.488 bits per heavy atom. The topological polar surface area (TPSA) is 83.1 Å². The van der Waals surface area contributed by atoms with E-state index in [1.807, 2.05) is 0 Å². The molecule has 0 spiro atoms. The fourth-order valence-electron chi connectivity index (χ4n) is 4.87. The van der Waals surface area contributed by atoms with Crippen LogP contribution >= 0.6 is 0 Å². The fraction of sp³-hybridized carbons (Fsp3) is 1.00. The maximum Gasteiger partial charge on any atom is 0.469 e. The van der Waals surface area contributed by atoms with Gasteiger partial charge in [0.25, 0.3) is 0 Å². The zero-order chi connectivity index (χ0) is 33.8. The molecule has 0 heterocycles. The zero-order valence-electron chi connectivity index (χ0n) is 31.1. The standard InChI is InChI=1S/C22H70O9Si12/c1-32(2)23-41(24-33(3)4,25-34(5)6)20-19-40(17,18)31-43(29-38(13)14,30-39(15)16)22-21-42(26-35(7)8,27-36(9)10)28-37(11)12/h32-39H,19-22H2,1-18H3. The second-order valence-electron chi connectivity index (χ2n) is 14.2. The lowest BCUT2D eigenvalue weighted by Crippen LogP contribution is -2.60. The summed E-state index contributed by atoms with van der Waals surface area (Å²) in [5.41, 5.74) is 0. The van der Waals surface area contributed by atoms with Crippen LogP contribution in [0.1, 0.15) is 0 Å². The van der Waals surface area contributed by atoms with Crippen LogP contribution in [0.3, 0.4) is 0 Å². The third-order valence-corrected chi connectivity index (χ3v) is 40.6. The molecule has 0 rings (SSSR count). The predicted octanol–water partition coefficient (Wildman–Crippen LogP) is 5.02. The van der Waals surface area contributed by atoms with E-state index >= 15 is 0 Å². The number of rotatable bonds is 24. The van der Waals surface area contributed by atoms with E-state index in [0.717, 1.165) is 12.1 Å². The van der Waals surface area contributed by atoms with Crippen molar-refractivity contribution in [2.75, 3.05) is 0 Å². The van der Waals surface area contributed by atoms with E-state index in [0.29, 0.717) is 12.1 Å². The smallest absolute Gasteiger partial charge is 0.420 e. The van der Waals surface area contributed by atoms with Crippen molar-refractivity contribution in [2.45, 2.75) is 142 Å². The first-order valence-corrected chi connectivity index (χ1v) is 47.7. The summed E-state index contributed by atoms with van der Waals surface area (Å²) in [6.07, 6.45) is 0. The number of hydrogen-bond acceptors (Lipinski definition) is 9. The minimum Gasteiger partial charge on any atom is -0.420 e. The van der Waals surface area contributed by atoms with Gasteiger partial charge in [0.05, 0.1) is 0 Å². The molecule has 0 aliphatic heterocycles. The Balaban J connectivity index is 6.54. The normalized spacial score (nSPS) is 14.4. The summed E-state index contributed by atoms with van der Waals surface area (Å²) in [5.74, 6) is 0. The van der Waals surface area contributed by atoms with Gasteiger partial charge in [0.1, 0.15) is 0 Å². The van der Waals surface area contributed by atoms with Crippen LogP contribution in [0.5, 0.6) is 0 Å². The molecular weight excluding hydrogens is 745 g/mol. The van der Waals surface area contributed by atoms with Gasteiger partial charge in [-0.25, -0.2) is 0 Å². The van der Waals surface area contributed by atoms with Crippen LogP contribution < -0.4 is 0 Å². The lowest BCUT2D eigenvalue weighted by atomic mass is 10.9. The minimum absolute atomic E-state index is 0.693. The molecule has 260 valence electrons. The lowest BCUT2D eigenvalue weighted by Gasteiger charge is -2.43. The van der Waals surface area contributed by atoms with Crippen LogP contribution in [0.4, 0.5) is 0 Å². The van der Waals surface area contributed by atoms with E-state index in [4.69, 9.17) is 37.0 Å². The number of hydrogen-bond donors (Lipinski definition) is 0. The fourth-order valence-corrected chi connectivity index (χ4v) is 48.2. The molecule has 0 aromatic carbocycles. The molecule has 0 fully saturated rings. The van der Waals surface area contributed by atoms with Gasteiger partial charge in [0.2, 0.25) is 0 Å². The van der Waals surface area contributed by atoms with E-state index in [1.165, 1.54) is 0 Å². The van der Waals surface area contributed by atoms with Crippen molar-refractivity contribution in [2.24, 2.45) is 0 Å². The molecule has 9 nitrogen and oxygen atoms in total. The van der Waals surface area contributed by atoms with E-state index in [9.17, 15) is 0 Å². The summed E-state index contributed by atoms with van der Waals surface area (Å²) in [6, 6.07) is 3.10. The minimum atomic E-state index is -3.07. The first kappa shape index (κ1) is 45.2. The van der Waals surface area contributed by atoms with Crippen LogP contribution in [0.2, 0.25) is 142 Å². The van der Waals surface area contributed by atoms with Gasteiger partial charge in [-0.3, -0.25) is 0 Å². The van der Waals surface area contributed by atoms with Gasteiger partial charge in [-0.15, -0.1) is 0 Å². The summed E-state index contributed by atoms with van der Waals surface area (Å²) in [6.45, 7) is 40.2. The van der Waals surface area contributed by atoms with Gasteiger partial charge in [-0.2, -0.15) is 0 Å². The molecule has 0 bridgehead atoms. The quantitative estimate of drug-likeness (QED) is 0.125. The van der Waals surface area contributed by atoms with Gasteiger partial charge in [0.15, 0.2) is 80.6 Å². The zero-order valence-corrected chi connectivity index (χ0v) is 44.4. The van der Waals surface area contributed by atoms with Crippen LogP contribution in [0, 0.1) is 0 Å². The molecule has 0 unspecified atom stereocenters. The van der Waals surface area contributed by atoms with Gasteiger partial charge < -0.3 is 37.0 Å². The Morgan fingerprint density at radius 3 is 0.721 bits per heavy atom. The summed E-state index contributed by atoms with van der Waals surface area (Å²) < 4.78 is 61.7. The van der Waals surface area contributed by atoms with E-state index in [1.54, 1.807) is 0 Å². The molecular formula is C22H70O9Si12. The van der Waals surface area contributed by atoms with Crippen molar-refractivity contribution in [3.05, 3.63) is 0 Å². The summed E-state index contributed by atoms with van der Waals surface area (Å²) in [4.78, 5) is 0. The SMILES string of the molecule is C[SiH](C)O[Si](CC[Si](C)(C)O[Si](CC[Si](O[SiH](C)C)(O[SiH](C)C)O[SiH](C)C)(O[SiH](C)C)O[SiH](C)C)(O[SiH](C)C)O[SiH](C)C. The van der Waals surface area contributed by atoms with Crippen LogP contribution in [-0.4, -0.2) is 107 Å². The van der Waals surface area contributed by atoms with E-state index in [2.05, 4.69) is 118 Å². The average molecular weight is 816 g/mol. The molecule has 0 amide bonds. The van der Waals surface area contributed by atoms with Crippen LogP contribution in [-0.2, 0) is 37.0 Å². The molecule has 0 aliphatic carbocycles. The van der Waals surface area contributed by atoms with Gasteiger partial charge in [-0.05, 0) is 124 Å². The van der Waals surface area contributed by atoms with E-state index < -0.39 is 107 Å². The first-order valence-electron chi connectivity index (χ1n) is 16.6. The molecule has 0 saturated heterocycles. The maximum atomic E-state index is 7.35. The molecule has 0 aromatic rings. The van der Waals surface area contributed by atoms with Crippen molar-refractivity contribution in [1.29, 1.82) is 0 Å². The molecule has 0 aromatic heterocycles. The molecule has 0 aliphatic rings. The summed E-state index contributed by atoms with van der Waals surface area (Å²) in [7, 11) is -22.4. The Kier molecular flexibility index (Phi) is 21.8. The summed E-state index contributed by atoms with van der Waals surface area (Å²) in [5, 5.41) is 0. The molecule has 0 atom stereocenters. The highest BCUT2D eigenvalue weighted by Crippen LogP contribution is 2.34. The van der Waals surface area contributed by atoms with Crippen molar-refractivity contribution in [3.8, 4) is 0 Å². The molecule has 0 saturated carbocycles. The second kappa shape index (κ2) is 20.7. The first-order chi connectivity index (χ1) is 19.5. The maximum absolute atomic E-state index is 7.35. The lowest BCUT2D eigenvalue weighted by molar-refractivity contribution is 0.244. The molecule has 0 N–H and O–H groups in total. The highest BCUT2D eigenvalue weighted by Gasteiger charge is 2.53. The van der Waals surface area contributed by atoms with Crippen molar-refractivity contribution in [1.82, 2.24) is 0 Å². The Bertz CT molecular complexity index is 698. The highest BCUT2D eigenvalue weighted by molar-refractivity contribution is 6.88. The predicted molar refractivity (Wildman–Crippen MR) is 215 cm³/mol. The Labute approximate surface area is 284 Å². The van der Waals surface area contributed by atoms with Crippen LogP contribution in [0.25, 0.3) is 0 Å². The van der Waals surface area contributed by atoms with Gasteiger partial charge >= 0.3 is 26.4 Å². The van der Waals surface area contributed by atoms with Crippen molar-refractivity contribution >= 4 is 107 Å². The summed E-state index contributed by atoms with van der Waals surface area (Å²) >= 11 is 0. The van der Waals surface area contributed by atoms with Crippen molar-refractivity contribution in [3.63, 3.8) is 0 Å². The molecule has 43 heavy (non-hydrogen) atoms. The van der Waals surface area contributed by atoms with Crippen molar-refractivity contribution < 1.29 is 37.0 Å². The van der Waals surface area contributed by atoms with Crippen LogP contribution in [0.15, 0.2) is 0 Å². The van der Waals surface area contributed by atoms with Gasteiger partial charge in [0, 0.05) is 18.1 Å². The molecule has 0 radical (unpaired) electrons. The monoisotopic (exact) mass is 814 g/mol. The molecule has 21 heteroatoms. The Hall–Kier alpha value is 2.24. The van der Waals surface area contributed by atoms with Gasteiger partial charge in [-0.1, -0.05) is 0 Å². The third kappa shape index (κ3) is 20.4. The third-order valence-electron chi connectivity index (χ3n) is 5.52. The average Bonchev–Trinajstić information content (AvgIpc) is 2.72. The van der Waals surface area contributed by atoms with E-state index in [-0.39, 0.29) is 0 Å². The Morgan fingerprint density at radius 1 is 0.302 bits per heavy atom. The highest BCUT2D eigenvalue weighted by atomic mass is 28.5. The largest absolute Gasteiger partial charge is 0.469 e. The second-order valence-corrected chi connectivity index (χ2v) is 49.0.